The zero-order valence-corrected chi connectivity index (χ0v) is 10.7. The van der Waals surface area contributed by atoms with Crippen molar-refractivity contribution in [2.45, 2.75) is 19.8 Å². The molecule has 0 bridgehead atoms. The van der Waals surface area contributed by atoms with E-state index in [0.29, 0.717) is 11.7 Å². The van der Waals surface area contributed by atoms with Gasteiger partial charge in [0.25, 0.3) is 0 Å². The van der Waals surface area contributed by atoms with Crippen molar-refractivity contribution in [2.75, 3.05) is 7.11 Å². The van der Waals surface area contributed by atoms with Gasteiger partial charge in [-0.1, -0.05) is 19.9 Å². The number of ether oxygens (including phenoxy) is 1. The number of aromatic amines is 1. The molecule has 4 nitrogen and oxygen atoms in total. The van der Waals surface area contributed by atoms with Gasteiger partial charge in [0.15, 0.2) is 0 Å². The van der Waals surface area contributed by atoms with Gasteiger partial charge in [-0.15, -0.1) is 0 Å². The molecule has 1 aromatic heterocycles. The van der Waals surface area contributed by atoms with Crippen molar-refractivity contribution in [3.63, 3.8) is 0 Å². The van der Waals surface area contributed by atoms with Gasteiger partial charge in [-0.2, -0.15) is 5.26 Å². The molecule has 0 amide bonds. The van der Waals surface area contributed by atoms with Gasteiger partial charge in [0.05, 0.1) is 19.0 Å². The lowest BCUT2D eigenvalue weighted by Gasteiger charge is -2.11. The summed E-state index contributed by atoms with van der Waals surface area (Å²) in [5.74, 6) is 1.52. The third-order valence-electron chi connectivity index (χ3n) is 2.86. The zero-order valence-electron chi connectivity index (χ0n) is 10.7. The Bertz CT molecular complexity index is 593. The van der Waals surface area contributed by atoms with Gasteiger partial charge in [-0.3, -0.25) is 0 Å². The molecule has 2 aromatic rings. The highest BCUT2D eigenvalue weighted by molar-refractivity contribution is 5.68. The summed E-state index contributed by atoms with van der Waals surface area (Å²) in [6, 6.07) is 8.04. The van der Waals surface area contributed by atoms with Crippen LogP contribution in [0.3, 0.4) is 0 Å². The number of aromatic nitrogens is 2. The van der Waals surface area contributed by atoms with Crippen LogP contribution in [0.2, 0.25) is 0 Å². The number of hydrogen-bond acceptors (Lipinski definition) is 3. The lowest BCUT2D eigenvalue weighted by atomic mass is 9.99. The highest BCUT2D eigenvalue weighted by atomic mass is 16.5. The first-order valence-corrected chi connectivity index (χ1v) is 5.79. The van der Waals surface area contributed by atoms with Gasteiger partial charge < -0.3 is 9.72 Å². The van der Waals surface area contributed by atoms with E-state index in [1.165, 1.54) is 5.56 Å². The Labute approximate surface area is 106 Å². The van der Waals surface area contributed by atoms with Gasteiger partial charge in [-0.05, 0) is 23.6 Å². The molecule has 0 atom stereocenters. The number of nitriles is 1. The van der Waals surface area contributed by atoms with Gasteiger partial charge in [0.2, 0.25) is 5.82 Å². The molecule has 0 unspecified atom stereocenters. The third-order valence-corrected chi connectivity index (χ3v) is 2.86. The number of methoxy groups -OCH3 is 1. The summed E-state index contributed by atoms with van der Waals surface area (Å²) in [5, 5.41) is 8.79. The molecule has 0 aliphatic carbocycles. The standard InChI is InChI=1S/C14H15N3O/c1-9(2)10-4-5-13(18-3)11(6-10)12-8-16-14(7-15)17-12/h4-6,8-9H,1-3H3,(H,16,17). The Kier molecular flexibility index (Phi) is 3.33. The van der Waals surface area contributed by atoms with Gasteiger partial charge in [0.1, 0.15) is 11.8 Å². The molecule has 0 aliphatic heterocycles. The van der Waals surface area contributed by atoms with Crippen LogP contribution in [0.15, 0.2) is 24.4 Å². The summed E-state index contributed by atoms with van der Waals surface area (Å²) in [7, 11) is 1.63. The summed E-state index contributed by atoms with van der Waals surface area (Å²) >= 11 is 0. The number of rotatable bonds is 3. The van der Waals surface area contributed by atoms with E-state index < -0.39 is 0 Å². The molecule has 1 heterocycles. The molecule has 4 heteroatoms. The first-order valence-electron chi connectivity index (χ1n) is 5.79. The first-order chi connectivity index (χ1) is 8.65. The van der Waals surface area contributed by atoms with Gasteiger partial charge >= 0.3 is 0 Å². The quantitative estimate of drug-likeness (QED) is 0.898. The maximum atomic E-state index is 8.79. The Balaban J connectivity index is 2.53. The van der Waals surface area contributed by atoms with Crippen molar-refractivity contribution < 1.29 is 4.74 Å². The summed E-state index contributed by atoms with van der Waals surface area (Å²) in [4.78, 5) is 6.96. The molecule has 1 N–H and O–H groups in total. The summed E-state index contributed by atoms with van der Waals surface area (Å²) < 4.78 is 5.35. The number of benzene rings is 1. The molecule has 0 fully saturated rings. The van der Waals surface area contributed by atoms with Crippen molar-refractivity contribution in [3.8, 4) is 23.1 Å². The van der Waals surface area contributed by atoms with E-state index in [1.807, 2.05) is 12.1 Å². The SMILES string of the molecule is COc1ccc(C(C)C)cc1-c1cnc(C#N)[nH]1. The average molecular weight is 241 g/mol. The number of nitrogens with one attached hydrogen (secondary N) is 1. The van der Waals surface area contributed by atoms with E-state index in [-0.39, 0.29) is 0 Å². The van der Waals surface area contributed by atoms with Crippen LogP contribution in [0, 0.1) is 11.3 Å². The fraction of sp³-hybridized carbons (Fsp3) is 0.286. The second-order valence-corrected chi connectivity index (χ2v) is 4.37. The summed E-state index contributed by atoms with van der Waals surface area (Å²) in [6.07, 6.45) is 1.65. The van der Waals surface area contributed by atoms with Crippen molar-refractivity contribution in [1.82, 2.24) is 9.97 Å². The summed E-state index contributed by atoms with van der Waals surface area (Å²) in [5.41, 5.74) is 2.95. The Hall–Kier alpha value is -2.28. The predicted molar refractivity (Wildman–Crippen MR) is 69.4 cm³/mol. The van der Waals surface area contributed by atoms with E-state index in [1.54, 1.807) is 13.3 Å². The van der Waals surface area contributed by atoms with E-state index in [4.69, 9.17) is 10.00 Å². The number of hydrogen-bond donors (Lipinski definition) is 1. The molecule has 92 valence electrons. The van der Waals surface area contributed by atoms with Crippen LogP contribution in [-0.2, 0) is 0 Å². The largest absolute Gasteiger partial charge is 0.496 e. The molecule has 0 saturated carbocycles. The van der Waals surface area contributed by atoms with E-state index in [0.717, 1.165) is 17.0 Å². The third kappa shape index (κ3) is 2.21. The normalized spacial score (nSPS) is 10.4. The Morgan fingerprint density at radius 3 is 2.72 bits per heavy atom. The van der Waals surface area contributed by atoms with Gasteiger partial charge in [0, 0.05) is 5.56 Å². The molecule has 18 heavy (non-hydrogen) atoms. The topological polar surface area (TPSA) is 61.7 Å². The maximum Gasteiger partial charge on any atom is 0.210 e. The lowest BCUT2D eigenvalue weighted by molar-refractivity contribution is 0.416. The van der Waals surface area contributed by atoms with E-state index in [2.05, 4.69) is 35.9 Å². The van der Waals surface area contributed by atoms with Crippen LogP contribution in [-0.4, -0.2) is 17.1 Å². The first kappa shape index (κ1) is 12.2. The van der Waals surface area contributed by atoms with E-state index in [9.17, 15) is 0 Å². The minimum absolute atomic E-state index is 0.307. The molecule has 0 radical (unpaired) electrons. The fourth-order valence-corrected chi connectivity index (χ4v) is 1.81. The van der Waals surface area contributed by atoms with Crippen LogP contribution in [0.1, 0.15) is 31.2 Å². The second-order valence-electron chi connectivity index (χ2n) is 4.37. The molecule has 0 spiro atoms. The summed E-state index contributed by atoms with van der Waals surface area (Å²) in [6.45, 7) is 4.28. The fourth-order valence-electron chi connectivity index (χ4n) is 1.81. The molecule has 0 aliphatic rings. The molecule has 2 rings (SSSR count). The Morgan fingerprint density at radius 2 is 2.17 bits per heavy atom. The van der Waals surface area contributed by atoms with Crippen molar-refractivity contribution in [3.05, 3.63) is 35.8 Å². The minimum Gasteiger partial charge on any atom is -0.496 e. The van der Waals surface area contributed by atoms with Crippen LogP contribution in [0.25, 0.3) is 11.3 Å². The number of nitrogens with zero attached hydrogens (tertiary/aromatic N) is 2. The minimum atomic E-state index is 0.307. The highest BCUT2D eigenvalue weighted by Crippen LogP contribution is 2.31. The van der Waals surface area contributed by atoms with E-state index >= 15 is 0 Å². The highest BCUT2D eigenvalue weighted by Gasteiger charge is 2.11. The monoisotopic (exact) mass is 241 g/mol. The van der Waals surface area contributed by atoms with Crippen molar-refractivity contribution >= 4 is 0 Å². The molecule has 1 aromatic carbocycles. The van der Waals surface area contributed by atoms with Crippen LogP contribution < -0.4 is 4.74 Å². The second kappa shape index (κ2) is 4.92. The van der Waals surface area contributed by atoms with Crippen molar-refractivity contribution in [2.24, 2.45) is 0 Å². The predicted octanol–water partition coefficient (Wildman–Crippen LogP) is 3.08. The smallest absolute Gasteiger partial charge is 0.210 e. The van der Waals surface area contributed by atoms with Crippen LogP contribution in [0.4, 0.5) is 0 Å². The lowest BCUT2D eigenvalue weighted by Crippen LogP contribution is -1.93. The van der Waals surface area contributed by atoms with Crippen LogP contribution in [0.5, 0.6) is 5.75 Å². The zero-order chi connectivity index (χ0) is 13.1. The van der Waals surface area contributed by atoms with Crippen LogP contribution >= 0.6 is 0 Å². The number of imidazole rings is 1. The average Bonchev–Trinajstić information content (AvgIpc) is 2.86. The number of H-pyrrole nitrogens is 1. The van der Waals surface area contributed by atoms with Gasteiger partial charge in [-0.25, -0.2) is 4.98 Å². The molecule has 0 saturated heterocycles. The molecular formula is C14H15N3O. The van der Waals surface area contributed by atoms with Crippen molar-refractivity contribution in [1.29, 1.82) is 5.26 Å². The Morgan fingerprint density at radius 1 is 1.39 bits per heavy atom. The maximum absolute atomic E-state index is 8.79. The molecular weight excluding hydrogens is 226 g/mol.